The van der Waals surface area contributed by atoms with Crippen molar-refractivity contribution in [2.75, 3.05) is 13.1 Å². The highest BCUT2D eigenvalue weighted by atomic mass is 32.2. The zero-order valence-corrected chi connectivity index (χ0v) is 8.56. The van der Waals surface area contributed by atoms with Crippen molar-refractivity contribution in [2.24, 2.45) is 10.9 Å². The van der Waals surface area contributed by atoms with Gasteiger partial charge in [0.2, 0.25) is 0 Å². The molecule has 74 valence electrons. The van der Waals surface area contributed by atoms with Crippen molar-refractivity contribution in [3.63, 3.8) is 0 Å². The average molecular weight is 195 g/mol. The van der Waals surface area contributed by atoms with E-state index in [1.807, 2.05) is 0 Å². The van der Waals surface area contributed by atoms with E-state index in [2.05, 4.69) is 0 Å². The average Bonchev–Trinajstić information content (AvgIpc) is 1.85. The number of nitrogens with two attached hydrogens (primary N) is 2. The van der Waals surface area contributed by atoms with E-state index in [0.29, 0.717) is 6.54 Å². The molecule has 0 aliphatic heterocycles. The maximum atomic E-state index is 11.0. The molecule has 0 amide bonds. The van der Waals surface area contributed by atoms with Crippen LogP contribution in [-0.4, -0.2) is 31.4 Å². The molecule has 0 rings (SSSR count). The lowest BCUT2D eigenvalue weighted by Gasteiger charge is -2.34. The first-order chi connectivity index (χ1) is 5.25. The van der Waals surface area contributed by atoms with Crippen molar-refractivity contribution in [1.82, 2.24) is 4.31 Å². The Morgan fingerprint density at radius 2 is 1.83 bits per heavy atom. The largest absolute Gasteiger partial charge is 0.329 e. The lowest BCUT2D eigenvalue weighted by Crippen LogP contribution is -2.54. The van der Waals surface area contributed by atoms with E-state index in [9.17, 15) is 8.42 Å². The first-order valence-corrected chi connectivity index (χ1v) is 5.26. The summed E-state index contributed by atoms with van der Waals surface area (Å²) in [7, 11) is -3.63. The summed E-state index contributed by atoms with van der Waals surface area (Å²) in [5, 5.41) is 4.99. The van der Waals surface area contributed by atoms with Crippen LogP contribution in [0.15, 0.2) is 0 Å². The number of hydrogen-bond acceptors (Lipinski definition) is 3. The highest BCUT2D eigenvalue weighted by Gasteiger charge is 2.31. The molecule has 0 unspecified atom stereocenters. The number of rotatable bonds is 4. The van der Waals surface area contributed by atoms with Gasteiger partial charge in [0.05, 0.1) is 0 Å². The molecule has 0 aliphatic rings. The Hall–Kier alpha value is -0.170. The van der Waals surface area contributed by atoms with Crippen LogP contribution in [0.1, 0.15) is 20.8 Å². The Bertz CT molecular complexity index is 235. The molecule has 0 spiro atoms. The summed E-state index contributed by atoms with van der Waals surface area (Å²) in [5.74, 6) is 0. The molecule has 0 atom stereocenters. The first-order valence-electron chi connectivity index (χ1n) is 3.76. The fourth-order valence-corrected chi connectivity index (χ4v) is 2.18. The van der Waals surface area contributed by atoms with Crippen molar-refractivity contribution in [3.8, 4) is 0 Å². The van der Waals surface area contributed by atoms with Crippen molar-refractivity contribution < 1.29 is 8.42 Å². The van der Waals surface area contributed by atoms with E-state index < -0.39 is 15.7 Å². The van der Waals surface area contributed by atoms with Gasteiger partial charge in [0.25, 0.3) is 10.2 Å². The zero-order valence-electron chi connectivity index (χ0n) is 7.74. The molecule has 0 aromatic carbocycles. The normalized spacial score (nSPS) is 13.8. The highest BCUT2D eigenvalue weighted by molar-refractivity contribution is 7.86. The minimum atomic E-state index is -3.63. The molecule has 5 nitrogen and oxygen atoms in total. The molecular formula is C6H17N3O2S. The second kappa shape index (κ2) is 3.69. The Labute approximate surface area is 73.9 Å². The smallest absolute Gasteiger partial charge is 0.277 e. The lowest BCUT2D eigenvalue weighted by molar-refractivity contribution is 0.244. The second-order valence-corrected chi connectivity index (χ2v) is 4.70. The van der Waals surface area contributed by atoms with Gasteiger partial charge in [0.1, 0.15) is 0 Å². The van der Waals surface area contributed by atoms with E-state index in [1.54, 1.807) is 20.8 Å². The molecule has 0 fully saturated rings. The maximum Gasteiger partial charge on any atom is 0.277 e. The second-order valence-electron chi connectivity index (χ2n) is 3.23. The van der Waals surface area contributed by atoms with Crippen LogP contribution in [0.3, 0.4) is 0 Å². The Balaban J connectivity index is 4.81. The molecule has 0 radical (unpaired) electrons. The van der Waals surface area contributed by atoms with Crippen LogP contribution in [0, 0.1) is 0 Å². The molecule has 4 N–H and O–H groups in total. The maximum absolute atomic E-state index is 11.0. The van der Waals surface area contributed by atoms with Gasteiger partial charge in [-0.25, -0.2) is 5.14 Å². The van der Waals surface area contributed by atoms with Crippen molar-refractivity contribution >= 4 is 10.2 Å². The zero-order chi connectivity index (χ0) is 9.99. The van der Waals surface area contributed by atoms with Gasteiger partial charge in [-0.1, -0.05) is 6.92 Å². The predicted molar refractivity (Wildman–Crippen MR) is 48.6 cm³/mol. The minimum absolute atomic E-state index is 0.247. The Morgan fingerprint density at radius 1 is 1.42 bits per heavy atom. The van der Waals surface area contributed by atoms with Crippen LogP contribution in [0.4, 0.5) is 0 Å². The van der Waals surface area contributed by atoms with Gasteiger partial charge in [-0.15, -0.1) is 0 Å². The van der Waals surface area contributed by atoms with E-state index >= 15 is 0 Å². The molecule has 0 aliphatic carbocycles. The van der Waals surface area contributed by atoms with Crippen molar-refractivity contribution in [3.05, 3.63) is 0 Å². The fourth-order valence-electron chi connectivity index (χ4n) is 1.05. The summed E-state index contributed by atoms with van der Waals surface area (Å²) in [6.07, 6.45) is 0. The monoisotopic (exact) mass is 195 g/mol. The standard InChI is InChI=1S/C6H17N3O2S/c1-4-9(12(8,10)11)6(2,3)5-7/h4-5,7H2,1-3H3,(H2,8,10,11). The lowest BCUT2D eigenvalue weighted by atomic mass is 10.1. The van der Waals surface area contributed by atoms with Crippen molar-refractivity contribution in [2.45, 2.75) is 26.3 Å². The van der Waals surface area contributed by atoms with E-state index in [0.717, 1.165) is 0 Å². The molecular weight excluding hydrogens is 178 g/mol. The molecule has 6 heteroatoms. The minimum Gasteiger partial charge on any atom is -0.329 e. The van der Waals surface area contributed by atoms with Crippen molar-refractivity contribution in [1.29, 1.82) is 0 Å². The summed E-state index contributed by atoms with van der Waals surface area (Å²) in [4.78, 5) is 0. The topological polar surface area (TPSA) is 89.4 Å². The van der Waals surface area contributed by atoms with Gasteiger partial charge in [0, 0.05) is 18.6 Å². The number of hydrogen-bond donors (Lipinski definition) is 2. The summed E-state index contributed by atoms with van der Waals surface area (Å²) in [6, 6.07) is 0. The van der Waals surface area contributed by atoms with Crippen LogP contribution in [0.2, 0.25) is 0 Å². The third-order valence-electron chi connectivity index (χ3n) is 1.77. The van der Waals surface area contributed by atoms with Crippen LogP contribution >= 0.6 is 0 Å². The predicted octanol–water partition coefficient (Wildman–Crippen LogP) is -0.751. The molecule has 0 saturated heterocycles. The molecule has 0 aromatic heterocycles. The van der Waals surface area contributed by atoms with Crippen LogP contribution in [-0.2, 0) is 10.2 Å². The summed E-state index contributed by atoms with van der Waals surface area (Å²) in [5.41, 5.74) is 4.81. The van der Waals surface area contributed by atoms with E-state index in [-0.39, 0.29) is 6.54 Å². The van der Waals surface area contributed by atoms with E-state index in [1.165, 1.54) is 4.31 Å². The SMILES string of the molecule is CCN(C(C)(C)CN)S(N)(=O)=O. The Morgan fingerprint density at radius 3 is 1.92 bits per heavy atom. The van der Waals surface area contributed by atoms with Gasteiger partial charge < -0.3 is 5.73 Å². The van der Waals surface area contributed by atoms with Gasteiger partial charge in [0.15, 0.2) is 0 Å². The first kappa shape index (κ1) is 11.8. The van der Waals surface area contributed by atoms with Crippen LogP contribution in [0.25, 0.3) is 0 Å². The summed E-state index contributed by atoms with van der Waals surface area (Å²) < 4.78 is 23.2. The third kappa shape index (κ3) is 2.71. The van der Waals surface area contributed by atoms with Gasteiger partial charge in [-0.05, 0) is 13.8 Å². The third-order valence-corrected chi connectivity index (χ3v) is 3.14. The van der Waals surface area contributed by atoms with Crippen LogP contribution in [0.5, 0.6) is 0 Å². The molecule has 0 heterocycles. The van der Waals surface area contributed by atoms with Gasteiger partial charge in [-0.3, -0.25) is 0 Å². The number of nitrogens with zero attached hydrogens (tertiary/aromatic N) is 1. The number of likely N-dealkylation sites (N-methyl/N-ethyl adjacent to an activating group) is 1. The van der Waals surface area contributed by atoms with Gasteiger partial charge in [-0.2, -0.15) is 12.7 Å². The molecule has 0 saturated carbocycles. The summed E-state index contributed by atoms with van der Waals surface area (Å²) >= 11 is 0. The quantitative estimate of drug-likeness (QED) is 0.618. The molecule has 0 bridgehead atoms. The van der Waals surface area contributed by atoms with E-state index in [4.69, 9.17) is 10.9 Å². The summed E-state index contributed by atoms with van der Waals surface area (Å²) in [6.45, 7) is 5.78. The highest BCUT2D eigenvalue weighted by Crippen LogP contribution is 2.14. The fraction of sp³-hybridized carbons (Fsp3) is 1.00. The van der Waals surface area contributed by atoms with Crippen LogP contribution < -0.4 is 10.9 Å². The molecule has 0 aromatic rings. The molecule has 12 heavy (non-hydrogen) atoms. The Kier molecular flexibility index (Phi) is 3.64. The van der Waals surface area contributed by atoms with Gasteiger partial charge >= 0.3 is 0 Å².